The Kier molecular flexibility index (Phi) is 9.45. The molecular formula is C20H34. The molecule has 0 atom stereocenters. The van der Waals surface area contributed by atoms with Gasteiger partial charge in [-0.1, -0.05) is 76.0 Å². The summed E-state index contributed by atoms with van der Waals surface area (Å²) in [7, 11) is 0. The molecule has 0 nitrogen and oxygen atoms in total. The summed E-state index contributed by atoms with van der Waals surface area (Å²) in [5.41, 5.74) is 0.327. The van der Waals surface area contributed by atoms with Crippen molar-refractivity contribution in [3.05, 3.63) is 36.5 Å². The van der Waals surface area contributed by atoms with Crippen LogP contribution in [0.3, 0.4) is 0 Å². The SMILES string of the molecule is CCCCC/C=C/C1(/C=C/CCCCC)CC=CCC1. The minimum Gasteiger partial charge on any atom is -0.0885 e. The fourth-order valence-electron chi connectivity index (χ4n) is 2.89. The molecule has 0 saturated carbocycles. The molecule has 0 fully saturated rings. The first-order chi connectivity index (χ1) is 9.83. The van der Waals surface area contributed by atoms with E-state index in [-0.39, 0.29) is 0 Å². The van der Waals surface area contributed by atoms with Crippen LogP contribution >= 0.6 is 0 Å². The van der Waals surface area contributed by atoms with Crippen LogP contribution in [0.1, 0.15) is 84.5 Å². The maximum Gasteiger partial charge on any atom is 0.00983 e. The van der Waals surface area contributed by atoms with Crippen LogP contribution in [0.4, 0.5) is 0 Å². The Morgan fingerprint density at radius 2 is 1.45 bits per heavy atom. The minimum absolute atomic E-state index is 0.327. The molecule has 0 heterocycles. The summed E-state index contributed by atoms with van der Waals surface area (Å²) in [6.07, 6.45) is 28.9. The second-order valence-corrected chi connectivity index (χ2v) is 6.24. The monoisotopic (exact) mass is 274 g/mol. The fraction of sp³-hybridized carbons (Fsp3) is 0.700. The molecule has 0 N–H and O–H groups in total. The predicted molar refractivity (Wildman–Crippen MR) is 92.0 cm³/mol. The lowest BCUT2D eigenvalue weighted by Gasteiger charge is -2.28. The molecule has 1 rings (SSSR count). The van der Waals surface area contributed by atoms with E-state index in [1.54, 1.807) is 0 Å². The number of hydrogen-bond acceptors (Lipinski definition) is 0. The van der Waals surface area contributed by atoms with Crippen molar-refractivity contribution in [3.8, 4) is 0 Å². The zero-order chi connectivity index (χ0) is 14.5. The second-order valence-electron chi connectivity index (χ2n) is 6.24. The summed E-state index contributed by atoms with van der Waals surface area (Å²) >= 11 is 0. The van der Waals surface area contributed by atoms with E-state index in [1.165, 1.54) is 70.6 Å². The Morgan fingerprint density at radius 3 is 1.90 bits per heavy atom. The molecule has 0 bridgehead atoms. The van der Waals surface area contributed by atoms with Crippen molar-refractivity contribution in [3.63, 3.8) is 0 Å². The molecule has 0 aromatic rings. The van der Waals surface area contributed by atoms with Gasteiger partial charge in [0.15, 0.2) is 0 Å². The number of rotatable bonds is 10. The predicted octanol–water partition coefficient (Wildman–Crippen LogP) is 6.99. The fourth-order valence-corrected chi connectivity index (χ4v) is 2.89. The molecule has 0 unspecified atom stereocenters. The first-order valence-electron chi connectivity index (χ1n) is 8.83. The van der Waals surface area contributed by atoms with Crippen LogP contribution in [-0.4, -0.2) is 0 Å². The molecule has 0 aromatic carbocycles. The average molecular weight is 274 g/mol. The van der Waals surface area contributed by atoms with Crippen molar-refractivity contribution in [2.75, 3.05) is 0 Å². The first-order valence-corrected chi connectivity index (χ1v) is 8.83. The quantitative estimate of drug-likeness (QED) is 0.297. The Bertz CT molecular complexity index is 286. The molecular weight excluding hydrogens is 240 g/mol. The van der Waals surface area contributed by atoms with Gasteiger partial charge in [0.1, 0.15) is 0 Å². The third kappa shape index (κ3) is 7.12. The van der Waals surface area contributed by atoms with Crippen molar-refractivity contribution in [2.45, 2.75) is 84.5 Å². The molecule has 0 saturated heterocycles. The Balaban J connectivity index is 2.46. The molecule has 0 aromatic heterocycles. The smallest absolute Gasteiger partial charge is 0.00983 e. The lowest BCUT2D eigenvalue weighted by molar-refractivity contribution is 0.440. The summed E-state index contributed by atoms with van der Waals surface area (Å²) in [5.74, 6) is 0. The van der Waals surface area contributed by atoms with Gasteiger partial charge in [0.2, 0.25) is 0 Å². The van der Waals surface area contributed by atoms with Crippen molar-refractivity contribution >= 4 is 0 Å². The van der Waals surface area contributed by atoms with Crippen molar-refractivity contribution < 1.29 is 0 Å². The minimum atomic E-state index is 0.327. The summed E-state index contributed by atoms with van der Waals surface area (Å²) in [6.45, 7) is 4.55. The van der Waals surface area contributed by atoms with Crippen LogP contribution in [0.25, 0.3) is 0 Å². The van der Waals surface area contributed by atoms with Gasteiger partial charge in [-0.05, 0) is 44.9 Å². The molecule has 1 aliphatic rings. The third-order valence-corrected chi connectivity index (χ3v) is 4.29. The number of allylic oxidation sites excluding steroid dienone is 6. The van der Waals surface area contributed by atoms with Crippen molar-refractivity contribution in [1.82, 2.24) is 0 Å². The van der Waals surface area contributed by atoms with Gasteiger partial charge < -0.3 is 0 Å². The van der Waals surface area contributed by atoms with E-state index >= 15 is 0 Å². The maximum atomic E-state index is 2.50. The van der Waals surface area contributed by atoms with Gasteiger partial charge in [-0.15, -0.1) is 0 Å². The Labute approximate surface area is 127 Å². The topological polar surface area (TPSA) is 0 Å². The summed E-state index contributed by atoms with van der Waals surface area (Å²) < 4.78 is 0. The van der Waals surface area contributed by atoms with Gasteiger partial charge in [0, 0.05) is 5.41 Å². The molecule has 0 aliphatic heterocycles. The van der Waals surface area contributed by atoms with Gasteiger partial charge in [-0.2, -0.15) is 0 Å². The standard InChI is InChI=1S/C20H34/c1-3-5-7-9-12-16-20(18-14-11-15-19-20)17-13-10-8-6-4-2/h11-14,16-17H,3-10,15,18-19H2,1-2H3/b16-12+,17-13+. The summed E-state index contributed by atoms with van der Waals surface area (Å²) in [5, 5.41) is 0. The third-order valence-electron chi connectivity index (χ3n) is 4.29. The van der Waals surface area contributed by atoms with E-state index < -0.39 is 0 Å². The van der Waals surface area contributed by atoms with Crippen molar-refractivity contribution in [1.29, 1.82) is 0 Å². The summed E-state index contributed by atoms with van der Waals surface area (Å²) in [4.78, 5) is 0. The second kappa shape index (κ2) is 10.9. The van der Waals surface area contributed by atoms with E-state index in [0.717, 1.165) is 0 Å². The Hall–Kier alpha value is -0.780. The molecule has 20 heavy (non-hydrogen) atoms. The lowest BCUT2D eigenvalue weighted by Crippen LogP contribution is -2.16. The lowest BCUT2D eigenvalue weighted by atomic mass is 9.76. The van der Waals surface area contributed by atoms with Crippen LogP contribution in [0.2, 0.25) is 0 Å². The van der Waals surface area contributed by atoms with Gasteiger partial charge in [0.05, 0.1) is 0 Å². The number of unbranched alkanes of at least 4 members (excludes halogenated alkanes) is 6. The van der Waals surface area contributed by atoms with Crippen molar-refractivity contribution in [2.24, 2.45) is 5.41 Å². The summed E-state index contributed by atoms with van der Waals surface area (Å²) in [6, 6.07) is 0. The molecule has 114 valence electrons. The van der Waals surface area contributed by atoms with E-state index in [4.69, 9.17) is 0 Å². The molecule has 0 heteroatoms. The maximum absolute atomic E-state index is 2.50. The zero-order valence-corrected chi connectivity index (χ0v) is 13.7. The molecule has 0 amide bonds. The van der Waals surface area contributed by atoms with Crippen LogP contribution in [-0.2, 0) is 0 Å². The first kappa shape index (κ1) is 17.3. The van der Waals surface area contributed by atoms with E-state index in [0.29, 0.717) is 5.41 Å². The Morgan fingerprint density at radius 1 is 0.850 bits per heavy atom. The van der Waals surface area contributed by atoms with Crippen LogP contribution < -0.4 is 0 Å². The van der Waals surface area contributed by atoms with E-state index in [9.17, 15) is 0 Å². The normalized spacial score (nSPS) is 18.3. The van der Waals surface area contributed by atoms with Crippen LogP contribution in [0, 0.1) is 5.41 Å². The highest BCUT2D eigenvalue weighted by molar-refractivity contribution is 5.17. The van der Waals surface area contributed by atoms with Crippen LogP contribution in [0.15, 0.2) is 36.5 Å². The van der Waals surface area contributed by atoms with Gasteiger partial charge in [-0.25, -0.2) is 0 Å². The highest BCUT2D eigenvalue weighted by Gasteiger charge is 2.23. The van der Waals surface area contributed by atoms with Gasteiger partial charge >= 0.3 is 0 Å². The zero-order valence-electron chi connectivity index (χ0n) is 13.7. The van der Waals surface area contributed by atoms with Gasteiger partial charge in [0.25, 0.3) is 0 Å². The molecule has 1 aliphatic carbocycles. The highest BCUT2D eigenvalue weighted by Crippen LogP contribution is 2.36. The average Bonchev–Trinajstić information content (AvgIpc) is 2.48. The van der Waals surface area contributed by atoms with E-state index in [2.05, 4.69) is 50.3 Å². The van der Waals surface area contributed by atoms with Gasteiger partial charge in [-0.3, -0.25) is 0 Å². The molecule has 0 spiro atoms. The highest BCUT2D eigenvalue weighted by atomic mass is 14.3. The van der Waals surface area contributed by atoms with E-state index in [1.807, 2.05) is 0 Å². The number of hydrogen-bond donors (Lipinski definition) is 0. The van der Waals surface area contributed by atoms with Crippen LogP contribution in [0.5, 0.6) is 0 Å². The largest absolute Gasteiger partial charge is 0.0885 e. The molecule has 0 radical (unpaired) electrons.